The molecule has 2 rings (SSSR count). The van der Waals surface area contributed by atoms with Crippen LogP contribution in [0.2, 0.25) is 0 Å². The first kappa shape index (κ1) is 10.4. The number of fused-ring (bicyclic) bond motifs is 1. The highest BCUT2D eigenvalue weighted by Crippen LogP contribution is 2.38. The van der Waals surface area contributed by atoms with Crippen molar-refractivity contribution in [1.29, 1.82) is 0 Å². The van der Waals surface area contributed by atoms with Crippen molar-refractivity contribution in [3.8, 4) is 0 Å². The predicted molar refractivity (Wildman–Crippen MR) is 47.8 cm³/mol. The second kappa shape index (κ2) is 3.18. The summed E-state index contributed by atoms with van der Waals surface area (Å²) in [6.45, 7) is 0. The van der Waals surface area contributed by atoms with Crippen molar-refractivity contribution in [1.82, 2.24) is 0 Å². The van der Waals surface area contributed by atoms with Gasteiger partial charge in [-0.1, -0.05) is 6.07 Å². The molecule has 4 nitrogen and oxygen atoms in total. The zero-order chi connectivity index (χ0) is 11.9. The van der Waals surface area contributed by atoms with Crippen molar-refractivity contribution >= 4 is 17.3 Å². The minimum absolute atomic E-state index is 0.0534. The van der Waals surface area contributed by atoms with Crippen molar-refractivity contribution < 1.29 is 22.8 Å². The molecular weight excluding hydrogens is 223 g/mol. The number of nitrogens with one attached hydrogen (secondary N) is 1. The maximum atomic E-state index is 12.5. The smallest absolute Gasteiger partial charge is 0.361 e. The highest BCUT2D eigenvalue weighted by Gasteiger charge is 2.42. The molecule has 0 atom stereocenters. The van der Waals surface area contributed by atoms with Crippen LogP contribution in [-0.4, -0.2) is 16.4 Å². The van der Waals surface area contributed by atoms with Gasteiger partial charge in [0.05, 0.1) is 16.8 Å². The maximum Gasteiger partial charge on any atom is 0.418 e. The monoisotopic (exact) mass is 227 g/mol. The van der Waals surface area contributed by atoms with E-state index in [2.05, 4.69) is 4.79 Å². The summed E-state index contributed by atoms with van der Waals surface area (Å²) < 4.78 is 37.6. The van der Waals surface area contributed by atoms with Crippen LogP contribution in [-0.2, 0) is 11.0 Å². The van der Waals surface area contributed by atoms with Crippen LogP contribution in [0.5, 0.6) is 0 Å². The van der Waals surface area contributed by atoms with E-state index in [0.717, 1.165) is 12.1 Å². The van der Waals surface area contributed by atoms with Gasteiger partial charge in [0.2, 0.25) is 0 Å². The number of carbonyl (C=O) groups excluding carboxylic acids is 1. The van der Waals surface area contributed by atoms with Crippen LogP contribution >= 0.6 is 0 Å². The standard InChI is InChI=1S/C9H4F3N3O/c10-9(11,12)5-3-1-2-4-6(5)14-8(16)7(4)15-13/h1-3H,(H,14,16). The zero-order valence-electron chi connectivity index (χ0n) is 7.67. The molecule has 1 heterocycles. The molecule has 1 aromatic rings. The molecule has 1 aliphatic rings. The van der Waals surface area contributed by atoms with Crippen molar-refractivity contribution in [2.75, 3.05) is 5.32 Å². The van der Waals surface area contributed by atoms with E-state index >= 15 is 0 Å². The third kappa shape index (κ3) is 1.38. The minimum atomic E-state index is -4.57. The lowest BCUT2D eigenvalue weighted by atomic mass is 10.1. The molecule has 0 saturated carbocycles. The number of para-hydroxylation sites is 1. The van der Waals surface area contributed by atoms with Crippen LogP contribution in [0, 0.1) is 0 Å². The Balaban J connectivity index is 2.71. The van der Waals surface area contributed by atoms with E-state index in [1.807, 2.05) is 5.32 Å². The maximum absolute atomic E-state index is 12.5. The highest BCUT2D eigenvalue weighted by molar-refractivity contribution is 6.51. The van der Waals surface area contributed by atoms with Gasteiger partial charge in [-0.25, -0.2) is 0 Å². The van der Waals surface area contributed by atoms with Gasteiger partial charge in [0, 0.05) is 0 Å². The van der Waals surface area contributed by atoms with E-state index in [9.17, 15) is 18.0 Å². The molecule has 82 valence electrons. The first-order valence-corrected chi connectivity index (χ1v) is 4.19. The topological polar surface area (TPSA) is 65.5 Å². The number of hydrogen-bond donors (Lipinski definition) is 1. The van der Waals surface area contributed by atoms with Gasteiger partial charge in [0.15, 0.2) is 0 Å². The number of amides is 1. The van der Waals surface area contributed by atoms with E-state index in [1.165, 1.54) is 6.07 Å². The van der Waals surface area contributed by atoms with Gasteiger partial charge in [-0.15, -0.1) is 0 Å². The summed E-state index contributed by atoms with van der Waals surface area (Å²) in [6, 6.07) is 3.27. The summed E-state index contributed by atoms with van der Waals surface area (Å²) in [5.74, 6) is -0.853. The van der Waals surface area contributed by atoms with E-state index < -0.39 is 23.4 Å². The minimum Gasteiger partial charge on any atom is -0.361 e. The zero-order valence-corrected chi connectivity index (χ0v) is 7.67. The van der Waals surface area contributed by atoms with Gasteiger partial charge in [-0.05, 0) is 12.1 Å². The van der Waals surface area contributed by atoms with Crippen LogP contribution in [0.25, 0.3) is 5.53 Å². The molecule has 0 unspecified atom stereocenters. The molecule has 16 heavy (non-hydrogen) atoms. The molecule has 1 amide bonds. The fourth-order valence-electron chi connectivity index (χ4n) is 1.51. The molecular formula is C9H4F3N3O. The van der Waals surface area contributed by atoms with Crippen molar-refractivity contribution in [2.45, 2.75) is 6.18 Å². The second-order valence-corrected chi connectivity index (χ2v) is 3.13. The number of nitrogens with zero attached hydrogens (tertiary/aromatic N) is 2. The van der Waals surface area contributed by atoms with E-state index in [0.29, 0.717) is 0 Å². The molecule has 1 aliphatic heterocycles. The Morgan fingerprint density at radius 2 is 2.00 bits per heavy atom. The summed E-state index contributed by atoms with van der Waals surface area (Å²) in [5, 5.41) is 2.02. The summed E-state index contributed by atoms with van der Waals surface area (Å²) in [7, 11) is 0. The van der Waals surface area contributed by atoms with Gasteiger partial charge in [0.25, 0.3) is 0 Å². The van der Waals surface area contributed by atoms with Gasteiger partial charge in [0.1, 0.15) is 0 Å². The molecule has 0 fully saturated rings. The third-order valence-electron chi connectivity index (χ3n) is 2.18. The molecule has 0 bridgehead atoms. The lowest BCUT2D eigenvalue weighted by Crippen LogP contribution is -2.15. The molecule has 1 aromatic carbocycles. The Hall–Kier alpha value is -2.14. The van der Waals surface area contributed by atoms with Gasteiger partial charge < -0.3 is 10.8 Å². The molecule has 7 heteroatoms. The average Bonchev–Trinajstić information content (AvgIpc) is 2.50. The molecule has 0 aliphatic carbocycles. The van der Waals surface area contributed by atoms with Crippen molar-refractivity contribution in [3.63, 3.8) is 0 Å². The molecule has 0 spiro atoms. The molecule has 1 N–H and O–H groups in total. The second-order valence-electron chi connectivity index (χ2n) is 3.13. The Kier molecular flexibility index (Phi) is 2.06. The van der Waals surface area contributed by atoms with Gasteiger partial charge in [-0.3, -0.25) is 4.79 Å². The van der Waals surface area contributed by atoms with Crippen LogP contribution in [0.1, 0.15) is 11.1 Å². The lowest BCUT2D eigenvalue weighted by Gasteiger charge is -2.09. The lowest BCUT2D eigenvalue weighted by molar-refractivity contribution is -0.136. The van der Waals surface area contributed by atoms with Gasteiger partial charge in [-0.2, -0.15) is 18.0 Å². The fourth-order valence-corrected chi connectivity index (χ4v) is 1.51. The van der Waals surface area contributed by atoms with Crippen LogP contribution < -0.4 is 5.32 Å². The SMILES string of the molecule is [N-]=[N+]=C1C(=O)Nc2c1cccc2C(F)(F)F. The quantitative estimate of drug-likeness (QED) is 0.531. The Labute approximate surface area is 87.3 Å². The number of rotatable bonds is 0. The summed E-state index contributed by atoms with van der Waals surface area (Å²) >= 11 is 0. The third-order valence-corrected chi connectivity index (χ3v) is 2.18. The molecule has 0 radical (unpaired) electrons. The number of hydrogen-bond acceptors (Lipinski definition) is 1. The van der Waals surface area contributed by atoms with E-state index in [4.69, 9.17) is 5.53 Å². The number of carbonyl (C=O) groups is 1. The Bertz CT molecular complexity index is 529. The molecule has 0 saturated heterocycles. The van der Waals surface area contributed by atoms with Gasteiger partial charge >= 0.3 is 17.8 Å². The Morgan fingerprint density at radius 3 is 2.56 bits per heavy atom. The largest absolute Gasteiger partial charge is 0.418 e. The number of anilines is 1. The Morgan fingerprint density at radius 1 is 1.31 bits per heavy atom. The molecule has 0 aromatic heterocycles. The first-order valence-electron chi connectivity index (χ1n) is 4.19. The van der Waals surface area contributed by atoms with Crippen molar-refractivity contribution in [3.05, 3.63) is 34.9 Å². The normalized spacial score (nSPS) is 14.4. The summed E-state index contributed by atoms with van der Waals surface area (Å²) in [5.41, 5.74) is 6.72. The number of alkyl halides is 3. The number of benzene rings is 1. The average molecular weight is 227 g/mol. The van der Waals surface area contributed by atoms with Crippen LogP contribution in [0.15, 0.2) is 18.2 Å². The first-order chi connectivity index (χ1) is 7.45. The van der Waals surface area contributed by atoms with E-state index in [1.54, 1.807) is 0 Å². The summed E-state index contributed by atoms with van der Waals surface area (Å²) in [4.78, 5) is 13.8. The highest BCUT2D eigenvalue weighted by atomic mass is 19.4. The van der Waals surface area contributed by atoms with Crippen molar-refractivity contribution in [2.24, 2.45) is 0 Å². The predicted octanol–water partition coefficient (Wildman–Crippen LogP) is 1.68. The fraction of sp³-hybridized carbons (Fsp3) is 0.111. The van der Waals surface area contributed by atoms with E-state index in [-0.39, 0.29) is 11.3 Å². The van der Waals surface area contributed by atoms with Crippen LogP contribution in [0.4, 0.5) is 18.9 Å². The summed E-state index contributed by atoms with van der Waals surface area (Å²) in [6.07, 6.45) is -4.57. The van der Waals surface area contributed by atoms with Crippen LogP contribution in [0.3, 0.4) is 0 Å². The number of halogens is 3.